The quantitative estimate of drug-likeness (QED) is 0.702. The topological polar surface area (TPSA) is 3.24 Å². The van der Waals surface area contributed by atoms with Gasteiger partial charge in [0.15, 0.2) is 0 Å². The number of fused-ring (bicyclic) bond motifs is 1. The molecule has 0 radical (unpaired) electrons. The Kier molecular flexibility index (Phi) is 3.72. The van der Waals surface area contributed by atoms with Gasteiger partial charge in [-0.05, 0) is 36.8 Å². The Bertz CT molecular complexity index is 433. The van der Waals surface area contributed by atoms with Crippen molar-refractivity contribution >= 4 is 28.9 Å². The monoisotopic (exact) mass is 283 g/mol. The van der Waals surface area contributed by atoms with E-state index in [0.29, 0.717) is 11.9 Å². The van der Waals surface area contributed by atoms with E-state index in [1.165, 1.54) is 43.4 Å². The van der Waals surface area contributed by atoms with Crippen molar-refractivity contribution in [3.63, 3.8) is 0 Å². The molecule has 0 spiro atoms. The van der Waals surface area contributed by atoms with E-state index >= 15 is 0 Å². The number of anilines is 1. The summed E-state index contributed by atoms with van der Waals surface area (Å²) in [5.41, 5.74) is 2.37. The lowest BCUT2D eigenvalue weighted by molar-refractivity contribution is 0.342. The zero-order valence-corrected chi connectivity index (χ0v) is 12.1. The Labute approximate surface area is 119 Å². The fourth-order valence-electron chi connectivity index (χ4n) is 3.67. The van der Waals surface area contributed by atoms with Gasteiger partial charge in [0.05, 0.1) is 10.7 Å². The van der Waals surface area contributed by atoms with Crippen molar-refractivity contribution in [1.82, 2.24) is 0 Å². The maximum Gasteiger partial charge on any atom is 0.0642 e. The molecule has 1 heterocycles. The van der Waals surface area contributed by atoms with Crippen LogP contribution in [0.25, 0.3) is 0 Å². The molecule has 1 aliphatic heterocycles. The van der Waals surface area contributed by atoms with Crippen LogP contribution in [0.2, 0.25) is 5.02 Å². The fraction of sp³-hybridized carbons (Fsp3) is 0.600. The van der Waals surface area contributed by atoms with Crippen LogP contribution in [0.3, 0.4) is 0 Å². The summed E-state index contributed by atoms with van der Waals surface area (Å²) in [6.07, 6.45) is 6.79. The summed E-state index contributed by atoms with van der Waals surface area (Å²) >= 11 is 12.5. The SMILES string of the molecule is ClCc1cccc(Cl)c1N1CCC2CCCCC21. The van der Waals surface area contributed by atoms with Crippen molar-refractivity contribution in [3.05, 3.63) is 28.8 Å². The molecule has 3 heteroatoms. The molecular formula is C15H19Cl2N. The average Bonchev–Trinajstić information content (AvgIpc) is 2.82. The summed E-state index contributed by atoms with van der Waals surface area (Å²) in [5.74, 6) is 1.42. The smallest absolute Gasteiger partial charge is 0.0642 e. The van der Waals surface area contributed by atoms with Crippen LogP contribution in [0.4, 0.5) is 5.69 Å². The Morgan fingerprint density at radius 3 is 2.83 bits per heavy atom. The Hall–Kier alpha value is -0.400. The van der Waals surface area contributed by atoms with Gasteiger partial charge in [0.1, 0.15) is 0 Å². The Balaban J connectivity index is 1.95. The van der Waals surface area contributed by atoms with E-state index in [1.54, 1.807) is 0 Å². The van der Waals surface area contributed by atoms with Gasteiger partial charge >= 0.3 is 0 Å². The van der Waals surface area contributed by atoms with Gasteiger partial charge in [-0.1, -0.05) is 36.6 Å². The minimum absolute atomic E-state index is 0.545. The number of benzene rings is 1. The summed E-state index contributed by atoms with van der Waals surface area (Å²) in [6.45, 7) is 1.14. The molecule has 18 heavy (non-hydrogen) atoms. The molecule has 0 bridgehead atoms. The lowest BCUT2D eigenvalue weighted by atomic mass is 9.85. The predicted octanol–water partition coefficient (Wildman–Crippen LogP) is 4.85. The maximum absolute atomic E-state index is 6.42. The Morgan fingerprint density at radius 2 is 2.00 bits per heavy atom. The number of hydrogen-bond donors (Lipinski definition) is 0. The molecule has 1 saturated carbocycles. The molecule has 0 N–H and O–H groups in total. The minimum atomic E-state index is 0.545. The highest BCUT2D eigenvalue weighted by Gasteiger charge is 2.37. The second-order valence-electron chi connectivity index (χ2n) is 5.48. The van der Waals surface area contributed by atoms with Crippen molar-refractivity contribution in [2.45, 2.75) is 44.0 Å². The van der Waals surface area contributed by atoms with Crippen LogP contribution >= 0.6 is 23.2 Å². The van der Waals surface area contributed by atoms with E-state index in [9.17, 15) is 0 Å². The van der Waals surface area contributed by atoms with Crippen molar-refractivity contribution < 1.29 is 0 Å². The third-order valence-electron chi connectivity index (χ3n) is 4.51. The van der Waals surface area contributed by atoms with E-state index in [0.717, 1.165) is 17.5 Å². The molecule has 0 amide bonds. The Morgan fingerprint density at radius 1 is 1.17 bits per heavy atom. The predicted molar refractivity (Wildman–Crippen MR) is 78.7 cm³/mol. The van der Waals surface area contributed by atoms with E-state index < -0.39 is 0 Å². The lowest BCUT2D eigenvalue weighted by Crippen LogP contribution is -2.35. The zero-order valence-electron chi connectivity index (χ0n) is 10.5. The number of alkyl halides is 1. The normalized spacial score (nSPS) is 27.3. The number of halogens is 2. The van der Waals surface area contributed by atoms with Crippen LogP contribution in [-0.4, -0.2) is 12.6 Å². The summed E-state index contributed by atoms with van der Waals surface area (Å²) in [5, 5.41) is 0.861. The first-order valence-electron chi connectivity index (χ1n) is 6.91. The van der Waals surface area contributed by atoms with Crippen molar-refractivity contribution in [3.8, 4) is 0 Å². The highest BCUT2D eigenvalue weighted by molar-refractivity contribution is 6.33. The third kappa shape index (κ3) is 2.12. The first-order valence-corrected chi connectivity index (χ1v) is 7.82. The minimum Gasteiger partial charge on any atom is -0.367 e. The van der Waals surface area contributed by atoms with E-state index in [2.05, 4.69) is 11.0 Å². The molecule has 2 unspecified atom stereocenters. The lowest BCUT2D eigenvalue weighted by Gasteiger charge is -2.34. The van der Waals surface area contributed by atoms with E-state index in [-0.39, 0.29) is 0 Å². The van der Waals surface area contributed by atoms with E-state index in [4.69, 9.17) is 23.2 Å². The first kappa shape index (κ1) is 12.6. The van der Waals surface area contributed by atoms with Crippen molar-refractivity contribution in [2.24, 2.45) is 5.92 Å². The molecule has 1 nitrogen and oxygen atoms in total. The third-order valence-corrected chi connectivity index (χ3v) is 5.10. The molecular weight excluding hydrogens is 265 g/mol. The molecule has 0 aromatic heterocycles. The second kappa shape index (κ2) is 5.30. The average molecular weight is 284 g/mol. The van der Waals surface area contributed by atoms with E-state index in [1.807, 2.05) is 12.1 Å². The van der Waals surface area contributed by atoms with Crippen LogP contribution in [0.1, 0.15) is 37.7 Å². The van der Waals surface area contributed by atoms with Crippen LogP contribution in [0, 0.1) is 5.92 Å². The molecule has 2 fully saturated rings. The van der Waals surface area contributed by atoms with Gasteiger partial charge in [-0.3, -0.25) is 0 Å². The van der Waals surface area contributed by atoms with Crippen molar-refractivity contribution in [2.75, 3.05) is 11.4 Å². The number of hydrogen-bond acceptors (Lipinski definition) is 1. The molecule has 1 saturated heterocycles. The van der Waals surface area contributed by atoms with Gasteiger partial charge in [-0.15, -0.1) is 11.6 Å². The van der Waals surface area contributed by atoms with Crippen LogP contribution in [0.15, 0.2) is 18.2 Å². The van der Waals surface area contributed by atoms with Gasteiger partial charge in [-0.2, -0.15) is 0 Å². The summed E-state index contributed by atoms with van der Waals surface area (Å²) in [7, 11) is 0. The van der Waals surface area contributed by atoms with Gasteiger partial charge in [0.25, 0.3) is 0 Å². The van der Waals surface area contributed by atoms with Gasteiger partial charge in [0.2, 0.25) is 0 Å². The zero-order chi connectivity index (χ0) is 12.5. The van der Waals surface area contributed by atoms with Gasteiger partial charge in [-0.25, -0.2) is 0 Å². The fourth-order valence-corrected chi connectivity index (χ4v) is 4.19. The first-order chi connectivity index (χ1) is 8.81. The second-order valence-corrected chi connectivity index (χ2v) is 6.15. The summed E-state index contributed by atoms with van der Waals surface area (Å²) < 4.78 is 0. The molecule has 2 aliphatic rings. The summed E-state index contributed by atoms with van der Waals surface area (Å²) in [6, 6.07) is 6.78. The molecule has 1 aromatic rings. The standard InChI is InChI=1S/C15H19Cl2N/c16-10-12-5-3-6-13(17)15(12)18-9-8-11-4-1-2-7-14(11)18/h3,5-6,11,14H,1-2,4,7-10H2. The summed E-state index contributed by atoms with van der Waals surface area (Å²) in [4.78, 5) is 2.53. The maximum atomic E-state index is 6.42. The highest BCUT2D eigenvalue weighted by Crippen LogP contribution is 2.42. The molecule has 1 aliphatic carbocycles. The molecule has 1 aromatic carbocycles. The number of para-hydroxylation sites is 1. The van der Waals surface area contributed by atoms with Gasteiger partial charge in [0, 0.05) is 18.5 Å². The van der Waals surface area contributed by atoms with Crippen LogP contribution in [0.5, 0.6) is 0 Å². The van der Waals surface area contributed by atoms with Crippen LogP contribution < -0.4 is 4.90 Å². The molecule has 98 valence electrons. The highest BCUT2D eigenvalue weighted by atomic mass is 35.5. The van der Waals surface area contributed by atoms with Gasteiger partial charge < -0.3 is 4.90 Å². The van der Waals surface area contributed by atoms with Crippen molar-refractivity contribution in [1.29, 1.82) is 0 Å². The molecule has 3 rings (SSSR count). The molecule has 2 atom stereocenters. The number of nitrogens with zero attached hydrogens (tertiary/aromatic N) is 1. The number of rotatable bonds is 2. The largest absolute Gasteiger partial charge is 0.367 e. The van der Waals surface area contributed by atoms with Crippen LogP contribution in [-0.2, 0) is 5.88 Å².